The van der Waals surface area contributed by atoms with E-state index in [9.17, 15) is 4.39 Å². The Morgan fingerprint density at radius 2 is 1.82 bits per heavy atom. The molecule has 0 aliphatic carbocycles. The smallest absolute Gasteiger partial charge is 0.123 e. The van der Waals surface area contributed by atoms with Crippen LogP contribution in [-0.2, 0) is 13.1 Å². The molecule has 0 unspecified atom stereocenters. The molecule has 1 aromatic carbocycles. The summed E-state index contributed by atoms with van der Waals surface area (Å²) in [5.41, 5.74) is 5.13. The summed E-state index contributed by atoms with van der Waals surface area (Å²) in [6.45, 7) is 12.6. The molecule has 3 rings (SSSR count). The van der Waals surface area contributed by atoms with Crippen LogP contribution in [0.2, 0.25) is 0 Å². The third-order valence-corrected chi connectivity index (χ3v) is 5.64. The second-order valence-corrected chi connectivity index (χ2v) is 8.42. The molecule has 4 heteroatoms. The zero-order chi connectivity index (χ0) is 20.1. The van der Waals surface area contributed by atoms with E-state index in [1.807, 2.05) is 6.07 Å². The molecule has 1 fully saturated rings. The monoisotopic (exact) mass is 383 g/mol. The lowest BCUT2D eigenvalue weighted by Crippen LogP contribution is -2.43. The van der Waals surface area contributed by atoms with E-state index in [1.165, 1.54) is 16.7 Å². The second-order valence-electron chi connectivity index (χ2n) is 8.42. The lowest BCUT2D eigenvalue weighted by atomic mass is 10.1. The van der Waals surface area contributed by atoms with Crippen molar-refractivity contribution in [2.24, 2.45) is 0 Å². The summed E-state index contributed by atoms with van der Waals surface area (Å²) >= 11 is 0. The number of aromatic nitrogens is 1. The topological polar surface area (TPSA) is 11.4 Å². The number of hydrogen-bond donors (Lipinski definition) is 0. The predicted molar refractivity (Wildman–Crippen MR) is 117 cm³/mol. The zero-order valence-corrected chi connectivity index (χ0v) is 17.8. The second kappa shape index (κ2) is 9.53. The molecule has 0 radical (unpaired) electrons. The van der Waals surface area contributed by atoms with E-state index in [0.29, 0.717) is 0 Å². The molecule has 1 aromatic heterocycles. The van der Waals surface area contributed by atoms with Crippen molar-refractivity contribution in [2.45, 2.75) is 46.7 Å². The van der Waals surface area contributed by atoms with Crippen LogP contribution in [0.5, 0.6) is 0 Å². The Hall–Kier alpha value is -1.91. The highest BCUT2D eigenvalue weighted by molar-refractivity contribution is 5.84. The minimum atomic E-state index is -0.154. The SMILES string of the molecule is CC(C)=CCCC(C)=CCn1cc(CN2CCN(C)CC2)c2cc(F)ccc21. The molecule has 28 heavy (non-hydrogen) atoms. The molecular weight excluding hydrogens is 349 g/mol. The van der Waals surface area contributed by atoms with Crippen molar-refractivity contribution in [1.29, 1.82) is 0 Å². The third-order valence-electron chi connectivity index (χ3n) is 5.64. The first kappa shape index (κ1) is 20.8. The van der Waals surface area contributed by atoms with Crippen LogP contribution in [0.15, 0.2) is 47.7 Å². The van der Waals surface area contributed by atoms with Gasteiger partial charge in [0.05, 0.1) is 0 Å². The maximum absolute atomic E-state index is 13.9. The molecule has 0 saturated carbocycles. The highest BCUT2D eigenvalue weighted by Gasteiger charge is 2.17. The molecule has 0 amide bonds. The molecule has 1 aliphatic heterocycles. The Morgan fingerprint density at radius 1 is 1.07 bits per heavy atom. The minimum Gasteiger partial charge on any atom is -0.343 e. The fourth-order valence-corrected chi connectivity index (χ4v) is 3.81. The van der Waals surface area contributed by atoms with E-state index in [0.717, 1.165) is 63.0 Å². The fourth-order valence-electron chi connectivity index (χ4n) is 3.81. The van der Waals surface area contributed by atoms with Crippen LogP contribution < -0.4 is 0 Å². The Balaban J connectivity index is 1.76. The van der Waals surface area contributed by atoms with Crippen LogP contribution in [0, 0.1) is 5.82 Å². The van der Waals surface area contributed by atoms with Gasteiger partial charge in [-0.3, -0.25) is 4.90 Å². The van der Waals surface area contributed by atoms with Gasteiger partial charge in [0.1, 0.15) is 5.82 Å². The van der Waals surface area contributed by atoms with Gasteiger partial charge in [0.2, 0.25) is 0 Å². The molecule has 0 N–H and O–H groups in total. The number of allylic oxidation sites excluding steroid dienone is 4. The standard InChI is InChI=1S/C24H34FN3/c1-19(2)6-5-7-20(3)10-11-28-18-21(17-27-14-12-26(4)13-15-27)23-16-22(25)8-9-24(23)28/h6,8-10,16,18H,5,7,11-15,17H2,1-4H3. The zero-order valence-electron chi connectivity index (χ0n) is 17.8. The van der Waals surface area contributed by atoms with Crippen LogP contribution in [0.3, 0.4) is 0 Å². The molecule has 1 saturated heterocycles. The first-order valence-corrected chi connectivity index (χ1v) is 10.4. The summed E-state index contributed by atoms with van der Waals surface area (Å²) in [4.78, 5) is 4.84. The van der Waals surface area contributed by atoms with E-state index in [4.69, 9.17) is 0 Å². The number of rotatable bonds is 7. The number of likely N-dealkylation sites (N-methyl/N-ethyl adjacent to an activating group) is 1. The minimum absolute atomic E-state index is 0.154. The summed E-state index contributed by atoms with van der Waals surface area (Å²) < 4.78 is 16.2. The van der Waals surface area contributed by atoms with Gasteiger partial charge in [-0.1, -0.05) is 23.3 Å². The van der Waals surface area contributed by atoms with Crippen LogP contribution in [-0.4, -0.2) is 47.6 Å². The average Bonchev–Trinajstić information content (AvgIpc) is 2.98. The van der Waals surface area contributed by atoms with Gasteiger partial charge in [-0.25, -0.2) is 4.39 Å². The van der Waals surface area contributed by atoms with E-state index < -0.39 is 0 Å². The maximum atomic E-state index is 13.9. The lowest BCUT2D eigenvalue weighted by Gasteiger charge is -2.32. The van der Waals surface area contributed by atoms with Crippen LogP contribution in [0.4, 0.5) is 4.39 Å². The van der Waals surface area contributed by atoms with Gasteiger partial charge < -0.3 is 9.47 Å². The third kappa shape index (κ3) is 5.55. The number of fused-ring (bicyclic) bond motifs is 1. The summed E-state index contributed by atoms with van der Waals surface area (Å²) in [7, 11) is 2.17. The van der Waals surface area contributed by atoms with Crippen molar-refractivity contribution in [2.75, 3.05) is 33.2 Å². The average molecular weight is 384 g/mol. The molecule has 3 nitrogen and oxygen atoms in total. The molecule has 2 aromatic rings. The number of hydrogen-bond acceptors (Lipinski definition) is 2. The summed E-state index contributed by atoms with van der Waals surface area (Å²) in [6, 6.07) is 5.19. The van der Waals surface area contributed by atoms with Crippen molar-refractivity contribution in [3.8, 4) is 0 Å². The van der Waals surface area contributed by atoms with E-state index in [-0.39, 0.29) is 5.82 Å². The summed E-state index contributed by atoms with van der Waals surface area (Å²) in [5.74, 6) is -0.154. The van der Waals surface area contributed by atoms with E-state index >= 15 is 0 Å². The van der Waals surface area contributed by atoms with Crippen LogP contribution >= 0.6 is 0 Å². The Bertz CT molecular complexity index is 850. The van der Waals surface area contributed by atoms with E-state index in [1.54, 1.807) is 12.1 Å². The Kier molecular flexibility index (Phi) is 7.08. The van der Waals surface area contributed by atoms with Gasteiger partial charge >= 0.3 is 0 Å². The van der Waals surface area contributed by atoms with Gasteiger partial charge in [-0.15, -0.1) is 0 Å². The van der Waals surface area contributed by atoms with Gasteiger partial charge in [0, 0.05) is 56.4 Å². The van der Waals surface area contributed by atoms with Gasteiger partial charge in [-0.05, 0) is 64.4 Å². The molecule has 0 atom stereocenters. The van der Waals surface area contributed by atoms with Crippen molar-refractivity contribution in [3.63, 3.8) is 0 Å². The van der Waals surface area contributed by atoms with Gasteiger partial charge in [0.25, 0.3) is 0 Å². The maximum Gasteiger partial charge on any atom is 0.123 e. The fraction of sp³-hybridized carbons (Fsp3) is 0.500. The van der Waals surface area contributed by atoms with Crippen molar-refractivity contribution >= 4 is 10.9 Å². The van der Waals surface area contributed by atoms with Gasteiger partial charge in [-0.2, -0.15) is 0 Å². The Labute approximate surface area is 169 Å². The van der Waals surface area contributed by atoms with Gasteiger partial charge in [0.15, 0.2) is 0 Å². The molecule has 1 aliphatic rings. The lowest BCUT2D eigenvalue weighted by molar-refractivity contribution is 0.148. The summed E-state index contributed by atoms with van der Waals surface area (Å²) in [6.07, 6.45) is 9.01. The molecule has 0 spiro atoms. The van der Waals surface area contributed by atoms with Crippen molar-refractivity contribution in [3.05, 3.63) is 59.1 Å². The molecule has 2 heterocycles. The van der Waals surface area contributed by atoms with Crippen LogP contribution in [0.1, 0.15) is 39.2 Å². The number of halogens is 1. The highest BCUT2D eigenvalue weighted by atomic mass is 19.1. The largest absolute Gasteiger partial charge is 0.343 e. The number of benzene rings is 1. The quantitative estimate of drug-likeness (QED) is 0.607. The molecule has 0 bridgehead atoms. The normalized spacial score (nSPS) is 16.7. The number of piperazine rings is 1. The molecular formula is C24H34FN3. The van der Waals surface area contributed by atoms with Crippen molar-refractivity contribution in [1.82, 2.24) is 14.4 Å². The van der Waals surface area contributed by atoms with Crippen molar-refractivity contribution < 1.29 is 4.39 Å². The number of nitrogens with zero attached hydrogens (tertiary/aromatic N) is 3. The summed E-state index contributed by atoms with van der Waals surface area (Å²) in [5, 5.41) is 1.05. The van der Waals surface area contributed by atoms with Crippen LogP contribution in [0.25, 0.3) is 10.9 Å². The van der Waals surface area contributed by atoms with E-state index in [2.05, 4.69) is 60.5 Å². The highest BCUT2D eigenvalue weighted by Crippen LogP contribution is 2.25. The first-order valence-electron chi connectivity index (χ1n) is 10.4. The molecule has 152 valence electrons. The first-order chi connectivity index (χ1) is 13.4. The predicted octanol–water partition coefficient (Wildman–Crippen LogP) is 5.22. The Morgan fingerprint density at radius 3 is 2.54 bits per heavy atom.